The fraction of sp³-hybridized carbons (Fsp3) is 0.984. The van der Waals surface area contributed by atoms with Crippen LogP contribution in [0.4, 0.5) is 0 Å². The lowest BCUT2D eigenvalue weighted by Gasteiger charge is -2.05. The Bertz CT molecular complexity index is 482. The number of carbonyl (C=O) groups is 1. The topological polar surface area (TPSA) is 37.3 Å². The van der Waals surface area contributed by atoms with Gasteiger partial charge in [-0.05, 0) is 6.42 Å². The van der Waals surface area contributed by atoms with Crippen molar-refractivity contribution in [2.24, 2.45) is 0 Å². The van der Waals surface area contributed by atoms with Gasteiger partial charge in [0.25, 0.3) is 0 Å². The SMILES string of the molecule is C1CCCCC1.C1CCCCC1.C1CCCCC1.C1CCCCC1.C1CCCCC1.C1CCCCC1.C1CCCCC1.C1CCCCC1.C1CCCCC1.C1CCCCC1.CCCC(=O)O. The summed E-state index contributed by atoms with van der Waals surface area (Å²) in [7, 11) is 0. The van der Waals surface area contributed by atoms with Crippen LogP contribution in [0.1, 0.15) is 405 Å². The van der Waals surface area contributed by atoms with E-state index in [4.69, 9.17) is 5.11 Å². The Kier molecular flexibility index (Phi) is 62.0. The van der Waals surface area contributed by atoms with Gasteiger partial charge in [-0.15, -0.1) is 0 Å². The minimum absolute atomic E-state index is 0.292. The Morgan fingerprint density at radius 1 is 0.197 bits per heavy atom. The van der Waals surface area contributed by atoms with E-state index in [1.165, 1.54) is 385 Å². The van der Waals surface area contributed by atoms with Crippen LogP contribution in [0.2, 0.25) is 0 Å². The maximum atomic E-state index is 9.60. The smallest absolute Gasteiger partial charge is 0.303 e. The average Bonchev–Trinajstić information content (AvgIpc) is 3.45. The van der Waals surface area contributed by atoms with Gasteiger partial charge in [0, 0.05) is 6.42 Å². The molecule has 10 aliphatic rings. The molecule has 0 unspecified atom stereocenters. The van der Waals surface area contributed by atoms with E-state index in [1.54, 1.807) is 0 Å². The van der Waals surface area contributed by atoms with Gasteiger partial charge < -0.3 is 5.11 Å². The first-order valence-electron chi connectivity index (χ1n) is 32.0. The van der Waals surface area contributed by atoms with Gasteiger partial charge in [-0.2, -0.15) is 0 Å². The molecule has 1 N–H and O–H groups in total. The van der Waals surface area contributed by atoms with Gasteiger partial charge in [-0.3, -0.25) is 4.79 Å². The molecule has 2 nitrogen and oxygen atoms in total. The molecule has 0 heterocycles. The van der Waals surface area contributed by atoms with E-state index >= 15 is 0 Å². The monoisotopic (exact) mass is 929 g/mol. The summed E-state index contributed by atoms with van der Waals surface area (Å²) in [5.41, 5.74) is 0. The third kappa shape index (κ3) is 63.5. The minimum atomic E-state index is -0.711. The van der Waals surface area contributed by atoms with Gasteiger partial charge in [0.2, 0.25) is 0 Å². The molecule has 2 heteroatoms. The van der Waals surface area contributed by atoms with Crippen LogP contribution in [0.15, 0.2) is 0 Å². The first kappa shape index (κ1) is 65.5. The molecule has 10 saturated carbocycles. The zero-order chi connectivity index (χ0) is 47.4. The second-order valence-corrected chi connectivity index (χ2v) is 22.4. The van der Waals surface area contributed by atoms with Crippen molar-refractivity contribution in [3.05, 3.63) is 0 Å². The summed E-state index contributed by atoms with van der Waals surface area (Å²) in [6.07, 6.45) is 91.0. The van der Waals surface area contributed by atoms with Gasteiger partial charge in [0.05, 0.1) is 0 Å². The summed E-state index contributed by atoms with van der Waals surface area (Å²) in [6, 6.07) is 0. The Labute approximate surface area is 419 Å². The number of aliphatic carboxylic acids is 1. The Morgan fingerprint density at radius 2 is 0.258 bits per heavy atom. The summed E-state index contributed by atoms with van der Waals surface area (Å²) in [4.78, 5) is 9.60. The van der Waals surface area contributed by atoms with Crippen molar-refractivity contribution in [3.63, 3.8) is 0 Å². The molecule has 0 amide bonds. The third-order valence-electron chi connectivity index (χ3n) is 15.5. The normalized spacial score (nSPS) is 22.6. The van der Waals surface area contributed by atoms with Gasteiger partial charge in [-0.25, -0.2) is 0 Å². The summed E-state index contributed by atoms with van der Waals surface area (Å²) in [5, 5.41) is 7.91. The fourth-order valence-electron chi connectivity index (χ4n) is 10.8. The van der Waals surface area contributed by atoms with Crippen LogP contribution in [0.5, 0.6) is 0 Å². The molecular formula is C64H128O2. The van der Waals surface area contributed by atoms with E-state index in [0.717, 1.165) is 6.42 Å². The van der Waals surface area contributed by atoms with Crippen molar-refractivity contribution in [1.82, 2.24) is 0 Å². The molecule has 10 rings (SSSR count). The Hall–Kier alpha value is -0.530. The van der Waals surface area contributed by atoms with E-state index in [9.17, 15) is 4.79 Å². The summed E-state index contributed by atoms with van der Waals surface area (Å²) in [5.74, 6) is -0.711. The van der Waals surface area contributed by atoms with Gasteiger partial charge in [0.1, 0.15) is 0 Å². The summed E-state index contributed by atoms with van der Waals surface area (Å²) in [6.45, 7) is 1.84. The van der Waals surface area contributed by atoms with Gasteiger partial charge in [0.15, 0.2) is 0 Å². The van der Waals surface area contributed by atoms with Gasteiger partial charge in [-0.1, -0.05) is 392 Å². The van der Waals surface area contributed by atoms with Gasteiger partial charge >= 0.3 is 5.97 Å². The molecule has 396 valence electrons. The lowest BCUT2D eigenvalue weighted by molar-refractivity contribution is -0.137. The van der Waals surface area contributed by atoms with Crippen LogP contribution in [-0.4, -0.2) is 11.1 Å². The largest absolute Gasteiger partial charge is 0.481 e. The van der Waals surface area contributed by atoms with Crippen molar-refractivity contribution >= 4 is 5.97 Å². The molecule has 10 aliphatic carbocycles. The standard InChI is InChI=1S/10C6H12.C4H8O2/c10*1-2-4-6-5-3-1;1-2-3-4(5)6/h10*1-6H2;2-3H2,1H3,(H,5,6). The molecule has 0 aromatic heterocycles. The number of hydrogen-bond donors (Lipinski definition) is 1. The van der Waals surface area contributed by atoms with Crippen LogP contribution in [-0.2, 0) is 4.79 Å². The first-order chi connectivity index (χ1) is 32.8. The second kappa shape index (κ2) is 62.5. The molecule has 0 atom stereocenters. The molecule has 66 heavy (non-hydrogen) atoms. The maximum absolute atomic E-state index is 9.60. The van der Waals surface area contributed by atoms with Crippen molar-refractivity contribution in [2.45, 2.75) is 405 Å². The molecule has 0 aliphatic heterocycles. The Balaban J connectivity index is 0.000000704. The van der Waals surface area contributed by atoms with E-state index < -0.39 is 5.97 Å². The van der Waals surface area contributed by atoms with Crippen LogP contribution in [0.3, 0.4) is 0 Å². The number of carboxylic acid groups (broad SMARTS) is 1. The van der Waals surface area contributed by atoms with E-state index in [2.05, 4.69) is 0 Å². The van der Waals surface area contributed by atoms with E-state index in [1.807, 2.05) is 6.92 Å². The zero-order valence-electron chi connectivity index (χ0n) is 46.2. The van der Waals surface area contributed by atoms with Crippen LogP contribution in [0.25, 0.3) is 0 Å². The summed E-state index contributed by atoms with van der Waals surface area (Å²) < 4.78 is 0. The molecule has 0 bridgehead atoms. The third-order valence-corrected chi connectivity index (χ3v) is 15.5. The highest BCUT2D eigenvalue weighted by Gasteiger charge is 2.01. The van der Waals surface area contributed by atoms with Crippen molar-refractivity contribution in [2.75, 3.05) is 0 Å². The second-order valence-electron chi connectivity index (χ2n) is 22.4. The molecule has 0 aromatic rings. The quantitative estimate of drug-likeness (QED) is 0.300. The fourth-order valence-corrected chi connectivity index (χ4v) is 10.8. The maximum Gasteiger partial charge on any atom is 0.303 e. The first-order valence-corrected chi connectivity index (χ1v) is 32.0. The van der Waals surface area contributed by atoms with E-state index in [0.29, 0.717) is 6.42 Å². The molecule has 0 spiro atoms. The highest BCUT2D eigenvalue weighted by atomic mass is 16.4. The molecule has 0 saturated heterocycles. The average molecular weight is 930 g/mol. The molecule has 0 radical (unpaired) electrons. The minimum Gasteiger partial charge on any atom is -0.481 e. The Morgan fingerprint density at radius 3 is 0.273 bits per heavy atom. The molecular weight excluding hydrogens is 801 g/mol. The molecule has 0 aromatic carbocycles. The van der Waals surface area contributed by atoms with Crippen molar-refractivity contribution in [1.29, 1.82) is 0 Å². The number of rotatable bonds is 2. The predicted molar refractivity (Wildman–Crippen MR) is 300 cm³/mol. The lowest BCUT2D eigenvalue weighted by Crippen LogP contribution is -1.90. The van der Waals surface area contributed by atoms with Crippen LogP contribution < -0.4 is 0 Å². The van der Waals surface area contributed by atoms with Crippen molar-refractivity contribution in [3.8, 4) is 0 Å². The van der Waals surface area contributed by atoms with E-state index in [-0.39, 0.29) is 0 Å². The molecule has 10 fully saturated rings. The van der Waals surface area contributed by atoms with Crippen LogP contribution >= 0.6 is 0 Å². The highest BCUT2D eigenvalue weighted by molar-refractivity contribution is 5.66. The van der Waals surface area contributed by atoms with Crippen LogP contribution in [0, 0.1) is 0 Å². The zero-order valence-corrected chi connectivity index (χ0v) is 46.2. The number of hydrogen-bond acceptors (Lipinski definition) is 1. The number of carboxylic acids is 1. The highest BCUT2D eigenvalue weighted by Crippen LogP contribution is 2.20. The summed E-state index contributed by atoms with van der Waals surface area (Å²) >= 11 is 0. The lowest BCUT2D eigenvalue weighted by atomic mass is 10.0. The van der Waals surface area contributed by atoms with Crippen molar-refractivity contribution < 1.29 is 9.90 Å². The predicted octanol–water partition coefficient (Wildman–Crippen LogP) is 24.3.